The molecule has 1 amide bonds. The minimum Gasteiger partial charge on any atom is -0.465 e. The van der Waals surface area contributed by atoms with Crippen LogP contribution in [0.1, 0.15) is 17.2 Å². The molecular formula is C16H18N4O3. The number of carbonyl (C=O) groups is 1. The lowest BCUT2D eigenvalue weighted by Gasteiger charge is -2.07. The van der Waals surface area contributed by atoms with E-state index in [2.05, 4.69) is 10.4 Å². The number of nitrogens with zero attached hydrogens (tertiary/aromatic N) is 3. The lowest BCUT2D eigenvalue weighted by Crippen LogP contribution is -2.32. The fraction of sp³-hybridized carbons (Fsp3) is 0.312. The van der Waals surface area contributed by atoms with Crippen LogP contribution in [-0.2, 0) is 24.9 Å². The molecule has 3 rings (SSSR count). The number of aryl methyl sites for hydroxylation is 3. The van der Waals surface area contributed by atoms with E-state index in [4.69, 9.17) is 4.42 Å². The van der Waals surface area contributed by atoms with E-state index in [1.807, 2.05) is 32.0 Å². The summed E-state index contributed by atoms with van der Waals surface area (Å²) in [6.07, 6.45) is 1.62. The van der Waals surface area contributed by atoms with E-state index in [9.17, 15) is 9.59 Å². The van der Waals surface area contributed by atoms with Crippen LogP contribution in [0, 0.1) is 13.8 Å². The highest BCUT2D eigenvalue weighted by molar-refractivity contribution is 5.81. The lowest BCUT2D eigenvalue weighted by molar-refractivity contribution is -0.121. The Morgan fingerprint density at radius 1 is 1.30 bits per heavy atom. The highest BCUT2D eigenvalue weighted by Gasteiger charge is 2.12. The van der Waals surface area contributed by atoms with Crippen LogP contribution in [0.4, 0.5) is 0 Å². The van der Waals surface area contributed by atoms with Gasteiger partial charge in [-0.05, 0) is 32.0 Å². The third-order valence-corrected chi connectivity index (χ3v) is 3.72. The number of fused-ring (bicyclic) bond motifs is 1. The van der Waals surface area contributed by atoms with Crippen molar-refractivity contribution in [3.05, 3.63) is 52.0 Å². The van der Waals surface area contributed by atoms with E-state index in [0.29, 0.717) is 17.8 Å². The second kappa shape index (κ2) is 5.75. The van der Waals surface area contributed by atoms with Crippen molar-refractivity contribution in [2.75, 3.05) is 0 Å². The van der Waals surface area contributed by atoms with Gasteiger partial charge in [-0.2, -0.15) is 5.10 Å². The molecule has 0 aliphatic rings. The summed E-state index contributed by atoms with van der Waals surface area (Å²) in [6, 6.07) is 5.46. The van der Waals surface area contributed by atoms with Crippen LogP contribution in [0.25, 0.3) is 10.9 Å². The van der Waals surface area contributed by atoms with Crippen molar-refractivity contribution in [1.29, 1.82) is 0 Å². The summed E-state index contributed by atoms with van der Waals surface area (Å²) >= 11 is 0. The summed E-state index contributed by atoms with van der Waals surface area (Å²) in [7, 11) is 1.72. The van der Waals surface area contributed by atoms with Gasteiger partial charge in [-0.25, -0.2) is 0 Å². The van der Waals surface area contributed by atoms with Gasteiger partial charge in [0.1, 0.15) is 23.6 Å². The molecule has 0 radical (unpaired) electrons. The molecule has 0 spiro atoms. The highest BCUT2D eigenvalue weighted by Crippen LogP contribution is 2.12. The van der Waals surface area contributed by atoms with Crippen LogP contribution < -0.4 is 10.9 Å². The molecule has 0 saturated heterocycles. The van der Waals surface area contributed by atoms with Crippen LogP contribution in [0.5, 0.6) is 0 Å². The normalized spacial score (nSPS) is 11.1. The van der Waals surface area contributed by atoms with E-state index in [0.717, 1.165) is 16.8 Å². The zero-order valence-electron chi connectivity index (χ0n) is 13.3. The molecule has 120 valence electrons. The quantitative estimate of drug-likeness (QED) is 0.786. The molecule has 0 aromatic carbocycles. The number of furan rings is 1. The minimum atomic E-state index is -0.251. The van der Waals surface area contributed by atoms with Gasteiger partial charge >= 0.3 is 0 Å². The summed E-state index contributed by atoms with van der Waals surface area (Å²) in [4.78, 5) is 24.5. The number of hydrogen-bond donors (Lipinski definition) is 1. The number of rotatable bonds is 4. The number of amides is 1. The Morgan fingerprint density at radius 3 is 2.78 bits per heavy atom. The Labute approximate surface area is 132 Å². The number of pyridine rings is 1. The Morgan fingerprint density at radius 2 is 2.09 bits per heavy atom. The van der Waals surface area contributed by atoms with Crippen LogP contribution in [0.2, 0.25) is 0 Å². The summed E-state index contributed by atoms with van der Waals surface area (Å²) in [5.41, 5.74) is 1.07. The molecule has 3 aromatic heterocycles. The zero-order valence-corrected chi connectivity index (χ0v) is 13.3. The maximum Gasteiger partial charge on any atom is 0.277 e. The highest BCUT2D eigenvalue weighted by atomic mass is 16.3. The van der Waals surface area contributed by atoms with Crippen molar-refractivity contribution in [3.63, 3.8) is 0 Å². The number of carbonyl (C=O) groups excluding carboxylic acids is 1. The van der Waals surface area contributed by atoms with Crippen molar-refractivity contribution in [2.45, 2.75) is 26.9 Å². The predicted octanol–water partition coefficient (Wildman–Crippen LogP) is 1.26. The minimum absolute atomic E-state index is 0.0430. The van der Waals surface area contributed by atoms with Gasteiger partial charge in [0.05, 0.1) is 12.2 Å². The fourth-order valence-corrected chi connectivity index (χ4v) is 2.60. The van der Waals surface area contributed by atoms with Gasteiger partial charge in [-0.15, -0.1) is 0 Å². The van der Waals surface area contributed by atoms with Crippen molar-refractivity contribution >= 4 is 16.8 Å². The van der Waals surface area contributed by atoms with Gasteiger partial charge in [-0.1, -0.05) is 0 Å². The molecule has 3 aromatic rings. The smallest absolute Gasteiger partial charge is 0.277 e. The zero-order chi connectivity index (χ0) is 16.6. The first-order valence-electron chi connectivity index (χ1n) is 7.30. The first-order valence-corrected chi connectivity index (χ1v) is 7.30. The average Bonchev–Trinajstić information content (AvgIpc) is 3.04. The van der Waals surface area contributed by atoms with Crippen LogP contribution in [0.15, 0.2) is 33.6 Å². The molecule has 0 bridgehead atoms. The number of hydrogen-bond acceptors (Lipinski definition) is 4. The van der Waals surface area contributed by atoms with Gasteiger partial charge in [0.2, 0.25) is 5.91 Å². The molecule has 0 unspecified atom stereocenters. The summed E-state index contributed by atoms with van der Waals surface area (Å²) in [5.74, 6) is 1.22. The predicted molar refractivity (Wildman–Crippen MR) is 85.0 cm³/mol. The Balaban J connectivity index is 1.76. The van der Waals surface area contributed by atoms with Gasteiger partial charge in [0, 0.05) is 18.6 Å². The molecular weight excluding hydrogens is 296 g/mol. The van der Waals surface area contributed by atoms with Crippen LogP contribution >= 0.6 is 0 Å². The second-order valence-electron chi connectivity index (χ2n) is 5.51. The van der Waals surface area contributed by atoms with Gasteiger partial charge in [0.25, 0.3) is 5.56 Å². The maximum atomic E-state index is 12.5. The van der Waals surface area contributed by atoms with Crippen molar-refractivity contribution in [3.8, 4) is 0 Å². The van der Waals surface area contributed by atoms with Crippen molar-refractivity contribution in [1.82, 2.24) is 19.7 Å². The molecule has 0 fully saturated rings. The van der Waals surface area contributed by atoms with Gasteiger partial charge in [-0.3, -0.25) is 14.3 Å². The molecule has 0 saturated carbocycles. The largest absolute Gasteiger partial charge is 0.465 e. The Bertz CT molecular complexity index is 933. The topological polar surface area (TPSA) is 82.1 Å². The second-order valence-corrected chi connectivity index (χ2v) is 5.51. The number of nitrogens with one attached hydrogen (secondary N) is 1. The Hall–Kier alpha value is -2.83. The molecule has 0 aliphatic heterocycles. The third-order valence-electron chi connectivity index (χ3n) is 3.72. The molecule has 0 aliphatic carbocycles. The molecule has 0 atom stereocenters. The van der Waals surface area contributed by atoms with Crippen molar-refractivity contribution in [2.24, 2.45) is 7.05 Å². The summed E-state index contributed by atoms with van der Waals surface area (Å²) in [6.45, 7) is 3.95. The SMILES string of the molecule is Cc1ccc(CNC(=O)Cn2ccc3c(C)nn(C)c3c2=O)o1. The van der Waals surface area contributed by atoms with Crippen molar-refractivity contribution < 1.29 is 9.21 Å². The lowest BCUT2D eigenvalue weighted by atomic mass is 10.2. The van der Waals surface area contributed by atoms with E-state index >= 15 is 0 Å². The van der Waals surface area contributed by atoms with Gasteiger partial charge in [0.15, 0.2) is 0 Å². The maximum absolute atomic E-state index is 12.5. The third kappa shape index (κ3) is 2.90. The fourth-order valence-electron chi connectivity index (χ4n) is 2.60. The molecule has 23 heavy (non-hydrogen) atoms. The summed E-state index contributed by atoms with van der Waals surface area (Å²) in [5, 5.41) is 7.79. The van der Waals surface area contributed by atoms with E-state index in [-0.39, 0.29) is 18.0 Å². The summed E-state index contributed by atoms with van der Waals surface area (Å²) < 4.78 is 8.32. The number of aromatic nitrogens is 3. The molecule has 7 nitrogen and oxygen atoms in total. The molecule has 1 N–H and O–H groups in total. The molecule has 7 heteroatoms. The van der Waals surface area contributed by atoms with Crippen LogP contribution in [-0.4, -0.2) is 20.3 Å². The van der Waals surface area contributed by atoms with Gasteiger partial charge < -0.3 is 14.3 Å². The van der Waals surface area contributed by atoms with E-state index < -0.39 is 0 Å². The average molecular weight is 314 g/mol. The van der Waals surface area contributed by atoms with E-state index in [1.54, 1.807) is 17.9 Å². The molecule has 3 heterocycles. The standard InChI is InChI=1S/C16H18N4O3/c1-10-4-5-12(23-10)8-17-14(21)9-20-7-6-13-11(2)18-19(3)15(13)16(20)22/h4-7H,8-9H2,1-3H3,(H,17,21). The first kappa shape index (κ1) is 15.1. The first-order chi connectivity index (χ1) is 11.0. The van der Waals surface area contributed by atoms with E-state index in [1.165, 1.54) is 4.57 Å². The Kier molecular flexibility index (Phi) is 3.77. The monoisotopic (exact) mass is 314 g/mol. The van der Waals surface area contributed by atoms with Crippen LogP contribution in [0.3, 0.4) is 0 Å².